The van der Waals surface area contributed by atoms with Gasteiger partial charge in [0.25, 0.3) is 5.91 Å². The molecule has 25 heavy (non-hydrogen) atoms. The fourth-order valence-corrected chi connectivity index (χ4v) is 2.57. The van der Waals surface area contributed by atoms with Gasteiger partial charge in [-0.1, -0.05) is 24.3 Å². The van der Waals surface area contributed by atoms with Gasteiger partial charge in [-0.15, -0.1) is 0 Å². The molecule has 1 unspecified atom stereocenters. The second kappa shape index (κ2) is 8.62. The zero-order chi connectivity index (χ0) is 18.4. The van der Waals surface area contributed by atoms with Crippen molar-refractivity contribution in [3.05, 3.63) is 65.0 Å². The first-order chi connectivity index (χ1) is 11.9. The lowest BCUT2D eigenvalue weighted by molar-refractivity contribution is -0.123. The van der Waals surface area contributed by atoms with Gasteiger partial charge < -0.3 is 15.0 Å². The molecule has 0 fully saturated rings. The molecule has 0 bridgehead atoms. The molecule has 1 atom stereocenters. The molecule has 0 aromatic heterocycles. The van der Waals surface area contributed by atoms with Crippen LogP contribution in [0.2, 0.25) is 0 Å². The Morgan fingerprint density at radius 3 is 2.48 bits per heavy atom. The molecule has 4 nitrogen and oxygen atoms in total. The van der Waals surface area contributed by atoms with Crippen LogP contribution in [-0.4, -0.2) is 38.1 Å². The predicted octanol–water partition coefficient (Wildman–Crippen LogP) is 3.24. The Kier molecular flexibility index (Phi) is 6.53. The number of carbonyl (C=O) groups excluding carboxylic acids is 1. The third-order valence-electron chi connectivity index (χ3n) is 4.28. The molecule has 0 heterocycles. The number of aryl methyl sites for hydroxylation is 1. The first kappa shape index (κ1) is 18.9. The highest BCUT2D eigenvalue weighted by molar-refractivity contribution is 5.77. The lowest BCUT2D eigenvalue weighted by Gasteiger charge is -2.25. The minimum absolute atomic E-state index is 0.0339. The van der Waals surface area contributed by atoms with Crippen LogP contribution >= 0.6 is 0 Å². The molecule has 0 saturated heterocycles. The average molecular weight is 344 g/mol. The summed E-state index contributed by atoms with van der Waals surface area (Å²) in [7, 11) is 3.85. The van der Waals surface area contributed by atoms with Crippen LogP contribution < -0.4 is 10.1 Å². The van der Waals surface area contributed by atoms with Gasteiger partial charge in [0.05, 0.1) is 6.04 Å². The van der Waals surface area contributed by atoms with Crippen LogP contribution in [0.5, 0.6) is 5.75 Å². The Hall–Kier alpha value is -2.40. The van der Waals surface area contributed by atoms with E-state index in [-0.39, 0.29) is 24.4 Å². The van der Waals surface area contributed by atoms with Crippen molar-refractivity contribution >= 4 is 5.91 Å². The lowest BCUT2D eigenvalue weighted by Crippen LogP contribution is -2.36. The van der Waals surface area contributed by atoms with Crippen molar-refractivity contribution in [2.75, 3.05) is 27.2 Å². The van der Waals surface area contributed by atoms with E-state index in [4.69, 9.17) is 4.74 Å². The monoisotopic (exact) mass is 344 g/mol. The van der Waals surface area contributed by atoms with Crippen molar-refractivity contribution < 1.29 is 13.9 Å². The molecule has 1 N–H and O–H groups in total. The standard InChI is InChI=1S/C20H25FN2O2/c1-14-6-5-7-19(15(14)2)25-13-20(24)22-12-18(23(3)4)16-8-10-17(21)11-9-16/h5-11,18H,12-13H2,1-4H3,(H,22,24). The summed E-state index contributed by atoms with van der Waals surface area (Å²) in [5.41, 5.74) is 3.11. The topological polar surface area (TPSA) is 41.6 Å². The van der Waals surface area contributed by atoms with E-state index in [0.29, 0.717) is 6.54 Å². The van der Waals surface area contributed by atoms with Gasteiger partial charge in [0.15, 0.2) is 6.61 Å². The van der Waals surface area contributed by atoms with Crippen LogP contribution in [0.4, 0.5) is 4.39 Å². The Labute approximate surface area is 148 Å². The SMILES string of the molecule is Cc1cccc(OCC(=O)NCC(c2ccc(F)cc2)N(C)C)c1C. The van der Waals surface area contributed by atoms with E-state index in [9.17, 15) is 9.18 Å². The second-order valence-electron chi connectivity index (χ2n) is 6.32. The molecule has 2 aromatic rings. The van der Waals surface area contributed by atoms with Crippen LogP contribution in [0.15, 0.2) is 42.5 Å². The first-order valence-corrected chi connectivity index (χ1v) is 8.26. The van der Waals surface area contributed by atoms with Gasteiger partial charge >= 0.3 is 0 Å². The fraction of sp³-hybridized carbons (Fsp3) is 0.350. The number of likely N-dealkylation sites (N-methyl/N-ethyl adjacent to an activating group) is 1. The normalized spacial score (nSPS) is 12.1. The van der Waals surface area contributed by atoms with E-state index in [0.717, 1.165) is 22.4 Å². The fourth-order valence-electron chi connectivity index (χ4n) is 2.57. The molecule has 134 valence electrons. The number of amides is 1. The number of hydrogen-bond donors (Lipinski definition) is 1. The second-order valence-corrected chi connectivity index (χ2v) is 6.32. The number of carbonyl (C=O) groups is 1. The number of halogens is 1. The van der Waals surface area contributed by atoms with E-state index in [1.807, 2.05) is 51.0 Å². The summed E-state index contributed by atoms with van der Waals surface area (Å²) in [5, 5.41) is 2.88. The molecule has 0 spiro atoms. The molecule has 0 radical (unpaired) electrons. The van der Waals surface area contributed by atoms with E-state index in [1.165, 1.54) is 12.1 Å². The summed E-state index contributed by atoms with van der Waals surface area (Å²) in [4.78, 5) is 14.1. The highest BCUT2D eigenvalue weighted by Gasteiger charge is 2.15. The largest absolute Gasteiger partial charge is 0.483 e. The van der Waals surface area contributed by atoms with Gasteiger partial charge in [0, 0.05) is 6.54 Å². The minimum atomic E-state index is -0.271. The molecule has 0 aliphatic rings. The maximum Gasteiger partial charge on any atom is 0.258 e. The van der Waals surface area contributed by atoms with Crippen molar-refractivity contribution in [1.82, 2.24) is 10.2 Å². The van der Waals surface area contributed by atoms with E-state index in [2.05, 4.69) is 5.32 Å². The molecule has 1 amide bonds. The van der Waals surface area contributed by atoms with E-state index in [1.54, 1.807) is 12.1 Å². The van der Waals surface area contributed by atoms with Crippen LogP contribution in [0.3, 0.4) is 0 Å². The molecule has 2 aromatic carbocycles. The summed E-state index contributed by atoms with van der Waals surface area (Å²) < 4.78 is 18.7. The third-order valence-corrected chi connectivity index (χ3v) is 4.28. The Bertz CT molecular complexity index is 714. The van der Waals surface area contributed by atoms with Crippen LogP contribution in [0.1, 0.15) is 22.7 Å². The summed E-state index contributed by atoms with van der Waals surface area (Å²) in [6.45, 7) is 4.37. The minimum Gasteiger partial charge on any atom is -0.483 e. The molecule has 0 saturated carbocycles. The Morgan fingerprint density at radius 1 is 1.16 bits per heavy atom. The van der Waals surface area contributed by atoms with Gasteiger partial charge in [-0.3, -0.25) is 4.79 Å². The molecular weight excluding hydrogens is 319 g/mol. The smallest absolute Gasteiger partial charge is 0.258 e. The summed E-state index contributed by atoms with van der Waals surface area (Å²) >= 11 is 0. The van der Waals surface area contributed by atoms with Crippen molar-refractivity contribution in [3.63, 3.8) is 0 Å². The maximum absolute atomic E-state index is 13.1. The Morgan fingerprint density at radius 2 is 1.84 bits per heavy atom. The predicted molar refractivity (Wildman–Crippen MR) is 97.2 cm³/mol. The summed E-state index contributed by atoms with van der Waals surface area (Å²) in [6.07, 6.45) is 0. The molecule has 5 heteroatoms. The highest BCUT2D eigenvalue weighted by Crippen LogP contribution is 2.20. The summed E-state index contributed by atoms with van der Waals surface area (Å²) in [6, 6.07) is 12.1. The maximum atomic E-state index is 13.1. The van der Waals surface area contributed by atoms with E-state index >= 15 is 0 Å². The van der Waals surface area contributed by atoms with Gasteiger partial charge in [0.2, 0.25) is 0 Å². The molecule has 0 aliphatic carbocycles. The molecule has 2 rings (SSSR count). The number of rotatable bonds is 7. The lowest BCUT2D eigenvalue weighted by atomic mass is 10.1. The quantitative estimate of drug-likeness (QED) is 0.838. The number of hydrogen-bond acceptors (Lipinski definition) is 3. The van der Waals surface area contributed by atoms with Gasteiger partial charge in [-0.05, 0) is 62.8 Å². The zero-order valence-electron chi connectivity index (χ0n) is 15.2. The number of benzene rings is 2. The zero-order valence-corrected chi connectivity index (χ0v) is 15.2. The van der Waals surface area contributed by atoms with Gasteiger partial charge in [-0.25, -0.2) is 4.39 Å². The van der Waals surface area contributed by atoms with Crippen molar-refractivity contribution in [2.24, 2.45) is 0 Å². The number of ether oxygens (including phenoxy) is 1. The molecule has 0 aliphatic heterocycles. The molecular formula is C20H25FN2O2. The van der Waals surface area contributed by atoms with Crippen LogP contribution in [0, 0.1) is 19.7 Å². The van der Waals surface area contributed by atoms with Gasteiger partial charge in [0.1, 0.15) is 11.6 Å². The number of nitrogens with one attached hydrogen (secondary N) is 1. The summed E-state index contributed by atoms with van der Waals surface area (Å²) in [5.74, 6) is 0.264. The van der Waals surface area contributed by atoms with Crippen LogP contribution in [0.25, 0.3) is 0 Å². The van der Waals surface area contributed by atoms with E-state index < -0.39 is 0 Å². The van der Waals surface area contributed by atoms with Crippen molar-refractivity contribution in [1.29, 1.82) is 0 Å². The van der Waals surface area contributed by atoms with Crippen molar-refractivity contribution in [3.8, 4) is 5.75 Å². The van der Waals surface area contributed by atoms with Crippen molar-refractivity contribution in [2.45, 2.75) is 19.9 Å². The Balaban J connectivity index is 1.90. The average Bonchev–Trinajstić information content (AvgIpc) is 2.57. The van der Waals surface area contributed by atoms with Crippen LogP contribution in [-0.2, 0) is 4.79 Å². The number of nitrogens with zero attached hydrogens (tertiary/aromatic N) is 1. The highest BCUT2D eigenvalue weighted by atomic mass is 19.1. The van der Waals surface area contributed by atoms with Gasteiger partial charge in [-0.2, -0.15) is 0 Å². The first-order valence-electron chi connectivity index (χ1n) is 8.26. The third kappa shape index (κ3) is 5.29.